The lowest BCUT2D eigenvalue weighted by molar-refractivity contribution is -0.123. The zero-order valence-electron chi connectivity index (χ0n) is 19.7. The van der Waals surface area contributed by atoms with Crippen LogP contribution in [0.3, 0.4) is 0 Å². The van der Waals surface area contributed by atoms with Gasteiger partial charge in [0.05, 0.1) is 17.5 Å². The molecule has 1 N–H and O–H groups in total. The Balaban J connectivity index is 1.50. The number of halogens is 2. The van der Waals surface area contributed by atoms with Crippen LogP contribution in [-0.2, 0) is 19.2 Å². The quantitative estimate of drug-likeness (QED) is 0.229. The monoisotopic (exact) mass is 609 g/mol. The van der Waals surface area contributed by atoms with Crippen LogP contribution in [0.25, 0.3) is 0 Å². The number of phenols is 1. The third-order valence-corrected chi connectivity index (χ3v) is 8.70. The summed E-state index contributed by atoms with van der Waals surface area (Å²) in [4.78, 5) is 55.0. The van der Waals surface area contributed by atoms with Crippen LogP contribution >= 0.6 is 22.6 Å². The summed E-state index contributed by atoms with van der Waals surface area (Å²) >= 11 is 2.15. The minimum atomic E-state index is -0.888. The van der Waals surface area contributed by atoms with Gasteiger partial charge in [-0.25, -0.2) is 4.39 Å². The van der Waals surface area contributed by atoms with Gasteiger partial charge in [0.25, 0.3) is 0 Å². The topological polar surface area (TPSA) is 91.8 Å². The van der Waals surface area contributed by atoms with E-state index in [1.54, 1.807) is 19.1 Å². The molecule has 2 aromatic rings. The van der Waals surface area contributed by atoms with Crippen LogP contribution < -0.4 is 4.90 Å². The second kappa shape index (κ2) is 8.58. The molecule has 1 saturated heterocycles. The van der Waals surface area contributed by atoms with Gasteiger partial charge in [0.2, 0.25) is 11.8 Å². The molecule has 2 aromatic carbocycles. The number of benzene rings is 2. The van der Waals surface area contributed by atoms with Crippen molar-refractivity contribution in [3.8, 4) is 5.75 Å². The molecule has 0 bridgehead atoms. The average Bonchev–Trinajstić information content (AvgIpc) is 3.13. The van der Waals surface area contributed by atoms with Crippen LogP contribution in [0, 0.1) is 27.1 Å². The van der Waals surface area contributed by atoms with Gasteiger partial charge in [-0.3, -0.25) is 24.1 Å². The second-order valence-electron chi connectivity index (χ2n) is 9.89. The summed E-state index contributed by atoms with van der Waals surface area (Å²) in [5.74, 6) is -5.50. The highest BCUT2D eigenvalue weighted by molar-refractivity contribution is 14.1. The number of anilines is 1. The van der Waals surface area contributed by atoms with Crippen molar-refractivity contribution in [3.05, 3.63) is 91.9 Å². The highest BCUT2D eigenvalue weighted by atomic mass is 127. The van der Waals surface area contributed by atoms with Crippen molar-refractivity contribution >= 4 is 51.7 Å². The Morgan fingerprint density at radius 3 is 2.46 bits per heavy atom. The van der Waals surface area contributed by atoms with E-state index >= 15 is 0 Å². The highest BCUT2D eigenvalue weighted by Gasteiger charge is 2.56. The third-order valence-electron chi connectivity index (χ3n) is 7.98. The van der Waals surface area contributed by atoms with E-state index in [0.717, 1.165) is 9.64 Å². The van der Waals surface area contributed by atoms with Crippen LogP contribution in [0.4, 0.5) is 10.1 Å². The molecule has 37 heavy (non-hydrogen) atoms. The minimum Gasteiger partial charge on any atom is -0.505 e. The molecule has 2 amide bonds. The van der Waals surface area contributed by atoms with E-state index in [9.17, 15) is 28.7 Å². The summed E-state index contributed by atoms with van der Waals surface area (Å²) in [6.07, 6.45) is 3.52. The maximum absolute atomic E-state index is 14.5. The standard InChI is InChI=1S/C29H21FINO5/c1-13-11-22(33)25-20(26(13)34)12-19-16(23(25)17-3-2-4-21(30)27(17)35)9-10-18-24(19)29(37)32(28(18)36)15-7-5-14(31)6-8-15/h2-9,11,18-19,23-24,35H,10,12H2,1H3. The first-order chi connectivity index (χ1) is 17.7. The highest BCUT2D eigenvalue weighted by Crippen LogP contribution is 2.56. The molecule has 1 heterocycles. The molecule has 186 valence electrons. The number of Topliss-reactive ketones (excluding diaryl/α,β-unsaturated/α-hetero) is 1. The Morgan fingerprint density at radius 1 is 1.00 bits per heavy atom. The fourth-order valence-corrected chi connectivity index (χ4v) is 6.71. The summed E-state index contributed by atoms with van der Waals surface area (Å²) in [6, 6.07) is 11.2. The van der Waals surface area contributed by atoms with Crippen molar-refractivity contribution in [3.63, 3.8) is 0 Å². The fourth-order valence-electron chi connectivity index (χ4n) is 6.35. The molecule has 3 aliphatic carbocycles. The molecule has 1 fully saturated rings. The van der Waals surface area contributed by atoms with Crippen molar-refractivity contribution < 1.29 is 28.7 Å². The lowest BCUT2D eigenvalue weighted by Crippen LogP contribution is -2.39. The first-order valence-corrected chi connectivity index (χ1v) is 13.1. The number of fused-ring (bicyclic) bond motifs is 3. The Morgan fingerprint density at radius 2 is 1.73 bits per heavy atom. The van der Waals surface area contributed by atoms with Gasteiger partial charge in [-0.2, -0.15) is 0 Å². The minimum absolute atomic E-state index is 0.129. The van der Waals surface area contributed by atoms with Gasteiger partial charge < -0.3 is 5.11 Å². The number of carbonyl (C=O) groups excluding carboxylic acids is 4. The van der Waals surface area contributed by atoms with E-state index in [4.69, 9.17) is 0 Å². The van der Waals surface area contributed by atoms with Crippen LogP contribution in [0.15, 0.2) is 76.9 Å². The maximum Gasteiger partial charge on any atom is 0.238 e. The Labute approximate surface area is 225 Å². The summed E-state index contributed by atoms with van der Waals surface area (Å²) in [7, 11) is 0. The summed E-state index contributed by atoms with van der Waals surface area (Å²) < 4.78 is 15.4. The van der Waals surface area contributed by atoms with Gasteiger partial charge in [0.15, 0.2) is 23.1 Å². The van der Waals surface area contributed by atoms with Crippen molar-refractivity contribution in [2.45, 2.75) is 25.7 Å². The number of hydrogen-bond acceptors (Lipinski definition) is 5. The van der Waals surface area contributed by atoms with Crippen LogP contribution in [0.1, 0.15) is 31.2 Å². The third kappa shape index (κ3) is 3.48. The zero-order valence-corrected chi connectivity index (χ0v) is 21.9. The van der Waals surface area contributed by atoms with E-state index in [1.165, 1.54) is 23.1 Å². The molecule has 6 rings (SSSR count). The van der Waals surface area contributed by atoms with Gasteiger partial charge in [-0.05, 0) is 84.7 Å². The largest absolute Gasteiger partial charge is 0.505 e. The number of aromatic hydroxyl groups is 1. The molecule has 0 spiro atoms. The molecule has 0 radical (unpaired) electrons. The van der Waals surface area contributed by atoms with Gasteiger partial charge >= 0.3 is 0 Å². The molecule has 8 heteroatoms. The molecular formula is C29H21FINO5. The Hall–Kier alpha value is -3.40. The number of allylic oxidation sites excluding steroid dienone is 6. The lowest BCUT2D eigenvalue weighted by atomic mass is 9.59. The lowest BCUT2D eigenvalue weighted by Gasteiger charge is -2.42. The molecule has 1 aliphatic heterocycles. The number of para-hydroxylation sites is 1. The number of imide groups is 1. The summed E-state index contributed by atoms with van der Waals surface area (Å²) in [5.41, 5.74) is 2.10. The first-order valence-electron chi connectivity index (χ1n) is 12.0. The van der Waals surface area contributed by atoms with Gasteiger partial charge in [-0.15, -0.1) is 0 Å². The van der Waals surface area contributed by atoms with E-state index in [2.05, 4.69) is 22.6 Å². The van der Waals surface area contributed by atoms with Gasteiger partial charge in [0.1, 0.15) is 0 Å². The number of carbonyl (C=O) groups is 4. The molecular weight excluding hydrogens is 588 g/mol. The summed E-state index contributed by atoms with van der Waals surface area (Å²) in [5, 5.41) is 10.7. The number of hydrogen-bond donors (Lipinski definition) is 1. The SMILES string of the molecule is CC1=CC(=O)C2=C(CC3C(=CCC4C(=O)N(c5ccc(I)cc5)C(=O)C43)C2c2cccc(F)c2O)C1=O. The van der Waals surface area contributed by atoms with Gasteiger partial charge in [0, 0.05) is 31.8 Å². The number of rotatable bonds is 2. The predicted octanol–water partition coefficient (Wildman–Crippen LogP) is 4.77. The number of amides is 2. The normalized spacial score (nSPS) is 27.1. The van der Waals surface area contributed by atoms with Crippen LogP contribution in [0.2, 0.25) is 0 Å². The van der Waals surface area contributed by atoms with Crippen molar-refractivity contribution in [2.75, 3.05) is 4.90 Å². The van der Waals surface area contributed by atoms with E-state index < -0.39 is 35.2 Å². The van der Waals surface area contributed by atoms with Crippen LogP contribution in [-0.4, -0.2) is 28.5 Å². The predicted molar refractivity (Wildman–Crippen MR) is 141 cm³/mol. The molecule has 0 aromatic heterocycles. The molecule has 4 atom stereocenters. The maximum atomic E-state index is 14.5. The fraction of sp³-hybridized carbons (Fsp3) is 0.241. The zero-order chi connectivity index (χ0) is 26.2. The van der Waals surface area contributed by atoms with Crippen molar-refractivity contribution in [2.24, 2.45) is 17.8 Å². The molecule has 0 saturated carbocycles. The Bertz CT molecular complexity index is 1520. The van der Waals surface area contributed by atoms with Crippen molar-refractivity contribution in [1.82, 2.24) is 0 Å². The van der Waals surface area contributed by atoms with Crippen molar-refractivity contribution in [1.29, 1.82) is 0 Å². The first kappa shape index (κ1) is 24.0. The number of nitrogens with zero attached hydrogens (tertiary/aromatic N) is 1. The molecule has 6 nitrogen and oxygen atoms in total. The molecule has 4 aliphatic rings. The van der Waals surface area contributed by atoms with E-state index in [-0.39, 0.29) is 52.9 Å². The molecule has 4 unspecified atom stereocenters. The second-order valence-corrected chi connectivity index (χ2v) is 11.1. The number of phenolic OH excluding ortho intramolecular Hbond substituents is 1. The summed E-state index contributed by atoms with van der Waals surface area (Å²) in [6.45, 7) is 1.57. The van der Waals surface area contributed by atoms with Gasteiger partial charge in [-0.1, -0.05) is 23.8 Å². The Kier molecular flexibility index (Phi) is 5.56. The van der Waals surface area contributed by atoms with Crippen LogP contribution in [0.5, 0.6) is 5.75 Å². The number of ketones is 2. The van der Waals surface area contributed by atoms with E-state index in [1.807, 2.05) is 18.2 Å². The average molecular weight is 609 g/mol. The smallest absolute Gasteiger partial charge is 0.238 e. The van der Waals surface area contributed by atoms with E-state index in [0.29, 0.717) is 16.8 Å².